The minimum atomic E-state index is -0.00874. The fraction of sp³-hybridized carbons (Fsp3) is 0.462. The fourth-order valence-corrected chi connectivity index (χ4v) is 4.07. The molecule has 1 aliphatic heterocycles. The number of fused-ring (bicyclic) bond motifs is 1. The molecule has 2 heterocycles. The van der Waals surface area contributed by atoms with Crippen molar-refractivity contribution in [1.82, 2.24) is 9.88 Å². The van der Waals surface area contributed by atoms with E-state index < -0.39 is 0 Å². The quantitative estimate of drug-likeness (QED) is 0.414. The summed E-state index contributed by atoms with van der Waals surface area (Å²) >= 11 is 0. The third kappa shape index (κ3) is 4.67. The van der Waals surface area contributed by atoms with Gasteiger partial charge in [-0.15, -0.1) is 0 Å². The van der Waals surface area contributed by atoms with Crippen molar-refractivity contribution < 1.29 is 9.53 Å². The van der Waals surface area contributed by atoms with Crippen LogP contribution >= 0.6 is 0 Å². The van der Waals surface area contributed by atoms with Crippen molar-refractivity contribution in [3.63, 3.8) is 0 Å². The Morgan fingerprint density at radius 3 is 2.88 bits per heavy atom. The maximum absolute atomic E-state index is 13.1. The number of hydrogen-bond donors (Lipinski definition) is 1. The predicted octanol–water partition coefficient (Wildman–Crippen LogP) is 5.18. The molecule has 6 heteroatoms. The molecule has 166 valence electrons. The summed E-state index contributed by atoms with van der Waals surface area (Å²) in [6.45, 7) is 5.45. The second-order valence-electron chi connectivity index (χ2n) is 8.82. The van der Waals surface area contributed by atoms with Crippen LogP contribution in [-0.2, 0) is 6.54 Å². The van der Waals surface area contributed by atoms with Crippen molar-refractivity contribution in [3.8, 4) is 11.8 Å². The minimum Gasteiger partial charge on any atom is -0.493 e. The van der Waals surface area contributed by atoms with Gasteiger partial charge in [0.05, 0.1) is 19.2 Å². The summed E-state index contributed by atoms with van der Waals surface area (Å²) in [5.74, 6) is 1.92. The Hall–Kier alpha value is -3.20. The average molecular weight is 431 g/mol. The Labute approximate surface area is 189 Å². The van der Waals surface area contributed by atoms with E-state index in [4.69, 9.17) is 20.4 Å². The number of hydrogen-bond acceptors (Lipinski definition) is 5. The van der Waals surface area contributed by atoms with Crippen molar-refractivity contribution in [2.45, 2.75) is 64.3 Å². The van der Waals surface area contributed by atoms with Crippen LogP contribution in [0, 0.1) is 16.7 Å². The van der Waals surface area contributed by atoms with Gasteiger partial charge in [0.1, 0.15) is 17.3 Å². The first-order valence-electron chi connectivity index (χ1n) is 11.5. The van der Waals surface area contributed by atoms with E-state index >= 15 is 0 Å². The highest BCUT2D eigenvalue weighted by Crippen LogP contribution is 2.39. The molecular formula is C26H30N4O2. The first kappa shape index (κ1) is 22.0. The van der Waals surface area contributed by atoms with E-state index in [1.807, 2.05) is 23.1 Å². The highest BCUT2D eigenvalue weighted by Gasteiger charge is 2.31. The highest BCUT2D eigenvalue weighted by molar-refractivity contribution is 6.04. The molecule has 1 N–H and O–H groups in total. The molecule has 0 radical (unpaired) electrons. The van der Waals surface area contributed by atoms with E-state index in [0.717, 1.165) is 34.7 Å². The minimum absolute atomic E-state index is 0.00874. The van der Waals surface area contributed by atoms with Gasteiger partial charge in [-0.2, -0.15) is 5.26 Å². The predicted molar refractivity (Wildman–Crippen MR) is 123 cm³/mol. The molecule has 1 fully saturated rings. The number of carbonyl (C=O) groups excluding carboxylic acids is 1. The summed E-state index contributed by atoms with van der Waals surface area (Å²) in [5, 5.41) is 17.3. The van der Waals surface area contributed by atoms with Crippen molar-refractivity contribution in [1.29, 1.82) is 10.7 Å². The van der Waals surface area contributed by atoms with Gasteiger partial charge in [0.2, 0.25) is 0 Å². The Morgan fingerprint density at radius 1 is 1.34 bits per heavy atom. The topological polar surface area (TPSA) is 90.1 Å². The number of ketones is 1. The second kappa shape index (κ2) is 9.52. The smallest absolute Gasteiger partial charge is 0.182 e. The second-order valence-corrected chi connectivity index (χ2v) is 8.82. The van der Waals surface area contributed by atoms with Crippen molar-refractivity contribution >= 4 is 11.6 Å². The molecule has 0 saturated heterocycles. The maximum atomic E-state index is 13.1. The number of nitriles is 1. The molecule has 0 amide bonds. The Bertz CT molecular complexity index is 1070. The van der Waals surface area contributed by atoms with E-state index in [1.54, 1.807) is 0 Å². The molecule has 32 heavy (non-hydrogen) atoms. The van der Waals surface area contributed by atoms with E-state index in [-0.39, 0.29) is 18.2 Å². The number of Topliss-reactive ketones (excluding diaryl/α,β-unsaturated/α-hetero) is 1. The molecule has 1 atom stereocenters. The normalized spacial score (nSPS) is 15.9. The monoisotopic (exact) mass is 430 g/mol. The lowest BCUT2D eigenvalue weighted by Gasteiger charge is -2.19. The third-order valence-electron chi connectivity index (χ3n) is 6.40. The number of nitrogens with zero attached hydrogens (tertiary/aromatic N) is 3. The van der Waals surface area contributed by atoms with E-state index in [0.29, 0.717) is 43.3 Å². The summed E-state index contributed by atoms with van der Waals surface area (Å²) in [7, 11) is 0. The zero-order valence-electron chi connectivity index (χ0n) is 18.9. The number of benzene rings is 1. The molecule has 1 unspecified atom stereocenters. The molecule has 1 aromatic heterocycles. The van der Waals surface area contributed by atoms with Crippen LogP contribution in [0.2, 0.25) is 0 Å². The zero-order valence-corrected chi connectivity index (χ0v) is 18.9. The molecule has 0 spiro atoms. The van der Waals surface area contributed by atoms with Gasteiger partial charge in [-0.1, -0.05) is 19.9 Å². The summed E-state index contributed by atoms with van der Waals surface area (Å²) in [6, 6.07) is 11.9. The van der Waals surface area contributed by atoms with Crippen LogP contribution in [0.4, 0.5) is 0 Å². The van der Waals surface area contributed by atoms with Crippen LogP contribution in [0.25, 0.3) is 0 Å². The van der Waals surface area contributed by atoms with Gasteiger partial charge in [0, 0.05) is 35.7 Å². The van der Waals surface area contributed by atoms with Crippen molar-refractivity contribution in [2.75, 3.05) is 13.2 Å². The first-order valence-corrected chi connectivity index (χ1v) is 11.5. The Balaban J connectivity index is 1.46. The molecule has 6 nitrogen and oxygen atoms in total. The van der Waals surface area contributed by atoms with Crippen LogP contribution in [0.3, 0.4) is 0 Å². The summed E-state index contributed by atoms with van der Waals surface area (Å²) in [5.41, 5.74) is 4.48. The third-order valence-corrected chi connectivity index (χ3v) is 6.40. The largest absolute Gasteiger partial charge is 0.493 e. The number of rotatable bonds is 10. The standard InChI is InChI=1S/C26H30N4O2/c1-3-17(2)21-14-19(9-11-24(21)32-13-5-4-12-27)23(31)16-30-15-20-8-10-22(18-6-7-18)29-25(20)26(30)28/h8-11,14,17-18,28H,3-7,13,15-16H2,1-2H3. The number of pyridine rings is 1. The van der Waals surface area contributed by atoms with Crippen LogP contribution in [0.1, 0.15) is 90.7 Å². The molecule has 0 bridgehead atoms. The molecule has 1 saturated carbocycles. The lowest BCUT2D eigenvalue weighted by molar-refractivity contribution is 0.0962. The summed E-state index contributed by atoms with van der Waals surface area (Å²) in [4.78, 5) is 19.6. The van der Waals surface area contributed by atoms with E-state index in [1.165, 1.54) is 12.8 Å². The molecule has 2 aromatic rings. The van der Waals surface area contributed by atoms with Gasteiger partial charge in [0.25, 0.3) is 0 Å². The van der Waals surface area contributed by atoms with Gasteiger partial charge < -0.3 is 9.64 Å². The van der Waals surface area contributed by atoms with E-state index in [2.05, 4.69) is 32.0 Å². The molecule has 2 aliphatic rings. The van der Waals surface area contributed by atoms with Crippen LogP contribution < -0.4 is 4.74 Å². The number of ether oxygens (including phenoxy) is 1. The van der Waals surface area contributed by atoms with Gasteiger partial charge >= 0.3 is 0 Å². The molecule has 4 rings (SSSR count). The number of carbonyl (C=O) groups is 1. The molecule has 1 aromatic carbocycles. The number of unbranched alkanes of at least 4 members (excludes halogenated alkanes) is 1. The van der Waals surface area contributed by atoms with Crippen LogP contribution in [-0.4, -0.2) is 34.7 Å². The molecule has 1 aliphatic carbocycles. The Morgan fingerprint density at radius 2 is 2.16 bits per heavy atom. The van der Waals surface area contributed by atoms with E-state index in [9.17, 15) is 4.79 Å². The first-order chi connectivity index (χ1) is 15.5. The lowest BCUT2D eigenvalue weighted by atomic mass is 9.94. The summed E-state index contributed by atoms with van der Waals surface area (Å²) < 4.78 is 5.91. The van der Waals surface area contributed by atoms with Gasteiger partial charge in [-0.3, -0.25) is 10.2 Å². The van der Waals surface area contributed by atoms with Crippen LogP contribution in [0.5, 0.6) is 5.75 Å². The van der Waals surface area contributed by atoms with Crippen molar-refractivity contribution in [3.05, 3.63) is 58.4 Å². The maximum Gasteiger partial charge on any atom is 0.182 e. The van der Waals surface area contributed by atoms with Gasteiger partial charge in [-0.05, 0) is 61.4 Å². The van der Waals surface area contributed by atoms with Gasteiger partial charge in [-0.25, -0.2) is 4.98 Å². The number of aromatic nitrogens is 1. The van der Waals surface area contributed by atoms with Crippen LogP contribution in [0.15, 0.2) is 30.3 Å². The number of amidine groups is 1. The highest BCUT2D eigenvalue weighted by atomic mass is 16.5. The summed E-state index contributed by atoms with van der Waals surface area (Å²) in [6.07, 6.45) is 4.45. The number of nitrogens with one attached hydrogen (secondary N) is 1. The fourth-order valence-electron chi connectivity index (χ4n) is 4.07. The van der Waals surface area contributed by atoms with Gasteiger partial charge in [0.15, 0.2) is 5.78 Å². The molecular weight excluding hydrogens is 400 g/mol. The lowest BCUT2D eigenvalue weighted by Crippen LogP contribution is -2.30. The average Bonchev–Trinajstić information content (AvgIpc) is 3.61. The van der Waals surface area contributed by atoms with Crippen molar-refractivity contribution in [2.24, 2.45) is 0 Å². The SMILES string of the molecule is CCC(C)c1cc(C(=O)CN2Cc3ccc(C4CC4)nc3C2=N)ccc1OCCCC#N. The Kier molecular flexibility index (Phi) is 6.55. The zero-order chi connectivity index (χ0) is 22.7.